The molecule has 0 aliphatic carbocycles. The highest BCUT2D eigenvalue weighted by molar-refractivity contribution is 9.10. The molecule has 0 saturated carbocycles. The van der Waals surface area contributed by atoms with Crippen molar-refractivity contribution in [2.24, 2.45) is 0 Å². The Labute approximate surface area is 146 Å². The largest absolute Gasteiger partial charge is 0.446 e. The number of halogens is 1. The minimum Gasteiger partial charge on any atom is -0.446 e. The lowest BCUT2D eigenvalue weighted by atomic mass is 10.1. The Hall–Kier alpha value is -2.19. The maximum Gasteiger partial charge on any atom is 0.253 e. The summed E-state index contributed by atoms with van der Waals surface area (Å²) in [6.07, 6.45) is 3.65. The van der Waals surface area contributed by atoms with Crippen molar-refractivity contribution in [3.05, 3.63) is 34.6 Å². The molecule has 0 spiro atoms. The molecule has 1 atom stereocenters. The fourth-order valence-electron chi connectivity index (χ4n) is 2.90. The van der Waals surface area contributed by atoms with Crippen LogP contribution in [0.1, 0.15) is 23.2 Å². The molecule has 4 heterocycles. The van der Waals surface area contributed by atoms with Crippen LogP contribution in [0.15, 0.2) is 33.5 Å². The normalized spacial score (nSPS) is 18.0. The first-order chi connectivity index (χ1) is 11.7. The number of amides is 1. The number of H-pyrrole nitrogens is 1. The van der Waals surface area contributed by atoms with Gasteiger partial charge in [0.15, 0.2) is 21.9 Å². The fraction of sp³-hybridized carbons (Fsp3) is 0.312. The number of carbonyl (C=O) groups is 1. The molecule has 7 nitrogen and oxygen atoms in total. The van der Waals surface area contributed by atoms with Crippen LogP contribution in [-0.4, -0.2) is 40.0 Å². The zero-order chi connectivity index (χ0) is 16.5. The lowest BCUT2D eigenvalue weighted by molar-refractivity contribution is 0.0932. The summed E-state index contributed by atoms with van der Waals surface area (Å²) in [5.41, 5.74) is 1.64. The SMILES string of the molecule is O=C(N[C@H]1CCCNC1)c1ccnc2nc(-c3ccc(Br)o3)[nH]c12. The smallest absolute Gasteiger partial charge is 0.253 e. The Morgan fingerprint density at radius 3 is 3.04 bits per heavy atom. The first-order valence-electron chi connectivity index (χ1n) is 7.83. The summed E-state index contributed by atoms with van der Waals surface area (Å²) in [5, 5.41) is 6.37. The van der Waals surface area contributed by atoms with E-state index in [4.69, 9.17) is 4.42 Å². The standard InChI is InChI=1S/C16H16BrN5O2/c17-12-4-3-11(24-12)14-21-13-10(5-7-19-15(13)22-14)16(23)20-9-2-1-6-18-8-9/h3-5,7,9,18H,1-2,6,8H2,(H,20,23)(H,19,21,22)/t9-/m0/s1. The highest BCUT2D eigenvalue weighted by Gasteiger charge is 2.20. The molecule has 1 fully saturated rings. The quantitative estimate of drug-likeness (QED) is 0.639. The summed E-state index contributed by atoms with van der Waals surface area (Å²) in [4.78, 5) is 24.4. The molecule has 1 amide bonds. The Bertz CT molecular complexity index is 882. The monoisotopic (exact) mass is 389 g/mol. The van der Waals surface area contributed by atoms with Crippen LogP contribution in [0, 0.1) is 0 Å². The van der Waals surface area contributed by atoms with E-state index in [0.29, 0.717) is 33.0 Å². The van der Waals surface area contributed by atoms with Crippen molar-refractivity contribution in [1.29, 1.82) is 0 Å². The van der Waals surface area contributed by atoms with Crippen molar-refractivity contribution in [3.63, 3.8) is 0 Å². The molecule has 0 unspecified atom stereocenters. The molecular weight excluding hydrogens is 374 g/mol. The Morgan fingerprint density at radius 1 is 1.38 bits per heavy atom. The van der Waals surface area contributed by atoms with Crippen LogP contribution in [-0.2, 0) is 0 Å². The Morgan fingerprint density at radius 2 is 2.29 bits per heavy atom. The molecule has 124 valence electrons. The van der Waals surface area contributed by atoms with E-state index in [9.17, 15) is 4.79 Å². The minimum atomic E-state index is -0.119. The Kier molecular flexibility index (Phi) is 4.07. The minimum absolute atomic E-state index is 0.119. The average molecular weight is 390 g/mol. The van der Waals surface area contributed by atoms with Crippen LogP contribution in [0.25, 0.3) is 22.7 Å². The van der Waals surface area contributed by atoms with Crippen molar-refractivity contribution >= 4 is 33.0 Å². The van der Waals surface area contributed by atoms with Crippen molar-refractivity contribution in [1.82, 2.24) is 25.6 Å². The van der Waals surface area contributed by atoms with Gasteiger partial charge in [-0.1, -0.05) is 0 Å². The van der Waals surface area contributed by atoms with Gasteiger partial charge in [-0.3, -0.25) is 4.79 Å². The number of furan rings is 1. The van der Waals surface area contributed by atoms with E-state index in [0.717, 1.165) is 25.9 Å². The van der Waals surface area contributed by atoms with E-state index in [1.165, 1.54) is 0 Å². The maximum atomic E-state index is 12.6. The van der Waals surface area contributed by atoms with Gasteiger partial charge in [0.05, 0.1) is 11.1 Å². The van der Waals surface area contributed by atoms with Gasteiger partial charge in [-0.25, -0.2) is 9.97 Å². The molecule has 3 N–H and O–H groups in total. The Balaban J connectivity index is 1.65. The zero-order valence-electron chi connectivity index (χ0n) is 12.8. The van der Waals surface area contributed by atoms with Gasteiger partial charge in [0, 0.05) is 18.8 Å². The van der Waals surface area contributed by atoms with E-state index < -0.39 is 0 Å². The van der Waals surface area contributed by atoms with E-state index >= 15 is 0 Å². The van der Waals surface area contributed by atoms with Gasteiger partial charge in [0.1, 0.15) is 0 Å². The molecule has 0 aromatic carbocycles. The number of hydrogen-bond acceptors (Lipinski definition) is 5. The van der Waals surface area contributed by atoms with E-state index in [2.05, 4.69) is 41.5 Å². The number of aromatic amines is 1. The number of pyridine rings is 1. The summed E-state index contributed by atoms with van der Waals surface area (Å²) in [6, 6.07) is 5.45. The number of aromatic nitrogens is 3. The molecular formula is C16H16BrN5O2. The molecule has 1 saturated heterocycles. The average Bonchev–Trinajstić information content (AvgIpc) is 3.21. The predicted molar refractivity (Wildman–Crippen MR) is 92.6 cm³/mol. The van der Waals surface area contributed by atoms with Gasteiger partial charge >= 0.3 is 0 Å². The van der Waals surface area contributed by atoms with Crippen molar-refractivity contribution in [3.8, 4) is 11.6 Å². The molecule has 1 aliphatic heterocycles. The highest BCUT2D eigenvalue weighted by Crippen LogP contribution is 2.25. The maximum absolute atomic E-state index is 12.6. The number of imidazole rings is 1. The number of rotatable bonds is 3. The fourth-order valence-corrected chi connectivity index (χ4v) is 3.20. The molecule has 0 bridgehead atoms. The second-order valence-corrected chi connectivity index (χ2v) is 6.54. The zero-order valence-corrected chi connectivity index (χ0v) is 14.4. The van der Waals surface area contributed by atoms with Crippen molar-refractivity contribution in [2.45, 2.75) is 18.9 Å². The van der Waals surface area contributed by atoms with Crippen LogP contribution in [0.2, 0.25) is 0 Å². The van der Waals surface area contributed by atoms with E-state index in [-0.39, 0.29) is 11.9 Å². The van der Waals surface area contributed by atoms with Gasteiger partial charge in [0.25, 0.3) is 5.91 Å². The molecule has 8 heteroatoms. The lowest BCUT2D eigenvalue weighted by Crippen LogP contribution is -2.45. The van der Waals surface area contributed by atoms with E-state index in [1.807, 2.05) is 0 Å². The predicted octanol–water partition coefficient (Wildman–Crippen LogP) is 2.46. The van der Waals surface area contributed by atoms with Crippen molar-refractivity contribution < 1.29 is 9.21 Å². The van der Waals surface area contributed by atoms with Gasteiger partial charge in [0.2, 0.25) is 0 Å². The summed E-state index contributed by atoms with van der Waals surface area (Å²) >= 11 is 3.27. The number of fused-ring (bicyclic) bond motifs is 1. The molecule has 24 heavy (non-hydrogen) atoms. The second-order valence-electron chi connectivity index (χ2n) is 5.76. The number of nitrogens with zero attached hydrogens (tertiary/aromatic N) is 2. The van der Waals surface area contributed by atoms with Crippen LogP contribution >= 0.6 is 15.9 Å². The molecule has 4 rings (SSSR count). The molecule has 3 aromatic heterocycles. The van der Waals surface area contributed by atoms with Gasteiger partial charge in [-0.2, -0.15) is 0 Å². The number of piperidine rings is 1. The third kappa shape index (κ3) is 2.94. The number of nitrogens with one attached hydrogen (secondary N) is 3. The number of carbonyl (C=O) groups excluding carboxylic acids is 1. The summed E-state index contributed by atoms with van der Waals surface area (Å²) in [6.45, 7) is 1.81. The van der Waals surface area contributed by atoms with Crippen LogP contribution in [0.3, 0.4) is 0 Å². The van der Waals surface area contributed by atoms with E-state index in [1.54, 1.807) is 24.4 Å². The molecule has 3 aromatic rings. The highest BCUT2D eigenvalue weighted by atomic mass is 79.9. The summed E-state index contributed by atoms with van der Waals surface area (Å²) in [5.74, 6) is 1.01. The second kappa shape index (κ2) is 6.37. The number of hydrogen-bond donors (Lipinski definition) is 3. The summed E-state index contributed by atoms with van der Waals surface area (Å²) < 4.78 is 6.13. The van der Waals surface area contributed by atoms with Crippen LogP contribution in [0.5, 0.6) is 0 Å². The molecule has 0 radical (unpaired) electrons. The lowest BCUT2D eigenvalue weighted by Gasteiger charge is -2.23. The third-order valence-corrected chi connectivity index (χ3v) is 4.50. The van der Waals surface area contributed by atoms with Crippen LogP contribution < -0.4 is 10.6 Å². The van der Waals surface area contributed by atoms with Crippen LogP contribution in [0.4, 0.5) is 0 Å². The van der Waals surface area contributed by atoms with Gasteiger partial charge in [-0.05, 0) is 53.5 Å². The third-order valence-electron chi connectivity index (χ3n) is 4.08. The topological polar surface area (TPSA) is 95.8 Å². The van der Waals surface area contributed by atoms with Gasteiger partial charge in [-0.15, -0.1) is 0 Å². The first-order valence-corrected chi connectivity index (χ1v) is 8.62. The van der Waals surface area contributed by atoms with Gasteiger partial charge < -0.3 is 20.0 Å². The molecule has 1 aliphatic rings. The summed E-state index contributed by atoms with van der Waals surface area (Å²) in [7, 11) is 0. The first kappa shape index (κ1) is 15.3. The van der Waals surface area contributed by atoms with Crippen molar-refractivity contribution in [2.75, 3.05) is 13.1 Å².